The Bertz CT molecular complexity index is 735. The molecule has 0 saturated carbocycles. The first kappa shape index (κ1) is 20.5. The van der Waals surface area contributed by atoms with Crippen LogP contribution < -0.4 is 10.1 Å². The molecule has 1 aromatic carbocycles. The standard InChI is InChI=1S/C15H20F3N3O4S/c1-20(2)26(23,24)21-9-3-4-11(10-21)14(22)19-12-5-7-13(8-6-12)25-15(16,17)18/h5-8,11H,3-4,9-10H2,1-2H3,(H,19,22)/t11-/m0/s1. The monoisotopic (exact) mass is 395 g/mol. The minimum Gasteiger partial charge on any atom is -0.406 e. The van der Waals surface area contributed by atoms with Crippen LogP contribution in [-0.2, 0) is 15.0 Å². The molecule has 1 saturated heterocycles. The van der Waals surface area contributed by atoms with Gasteiger partial charge in [0.1, 0.15) is 5.75 Å². The molecule has 0 spiro atoms. The normalized spacial score (nSPS) is 19.4. The summed E-state index contributed by atoms with van der Waals surface area (Å²) >= 11 is 0. The van der Waals surface area contributed by atoms with Crippen molar-refractivity contribution in [1.29, 1.82) is 0 Å². The second-order valence-corrected chi connectivity index (χ2v) is 8.19. The summed E-state index contributed by atoms with van der Waals surface area (Å²) < 4.78 is 66.9. The first-order chi connectivity index (χ1) is 12.0. The summed E-state index contributed by atoms with van der Waals surface area (Å²) in [5.41, 5.74) is 0.303. The van der Waals surface area contributed by atoms with Gasteiger partial charge < -0.3 is 10.1 Å². The number of nitrogens with zero attached hydrogens (tertiary/aromatic N) is 2. The van der Waals surface area contributed by atoms with Gasteiger partial charge in [0, 0.05) is 32.9 Å². The third-order valence-electron chi connectivity index (χ3n) is 3.90. The number of benzene rings is 1. The largest absolute Gasteiger partial charge is 0.573 e. The minimum atomic E-state index is -4.78. The molecule has 11 heteroatoms. The van der Waals surface area contributed by atoms with Crippen LogP contribution in [0.2, 0.25) is 0 Å². The molecule has 0 aromatic heterocycles. The Labute approximate surface area is 149 Å². The molecule has 0 unspecified atom stereocenters. The van der Waals surface area contributed by atoms with E-state index >= 15 is 0 Å². The molecular formula is C15H20F3N3O4S. The van der Waals surface area contributed by atoms with E-state index in [1.807, 2.05) is 0 Å². The summed E-state index contributed by atoms with van der Waals surface area (Å²) in [6, 6.07) is 4.76. The molecule has 1 N–H and O–H groups in total. The van der Waals surface area contributed by atoms with E-state index in [4.69, 9.17) is 0 Å². The maximum atomic E-state index is 12.4. The lowest BCUT2D eigenvalue weighted by molar-refractivity contribution is -0.274. The first-order valence-corrected chi connectivity index (χ1v) is 9.23. The van der Waals surface area contributed by atoms with Crippen molar-refractivity contribution in [3.8, 4) is 5.75 Å². The number of ether oxygens (including phenoxy) is 1. The molecule has 0 radical (unpaired) electrons. The molecular weight excluding hydrogens is 375 g/mol. The molecule has 7 nitrogen and oxygen atoms in total. The van der Waals surface area contributed by atoms with Crippen molar-refractivity contribution in [2.45, 2.75) is 19.2 Å². The van der Waals surface area contributed by atoms with E-state index in [0.29, 0.717) is 25.1 Å². The maximum absolute atomic E-state index is 12.4. The van der Waals surface area contributed by atoms with Gasteiger partial charge in [-0.25, -0.2) is 0 Å². The van der Waals surface area contributed by atoms with Crippen LogP contribution in [0.3, 0.4) is 0 Å². The molecule has 146 valence electrons. The van der Waals surface area contributed by atoms with E-state index in [1.54, 1.807) is 0 Å². The number of nitrogens with one attached hydrogen (secondary N) is 1. The van der Waals surface area contributed by atoms with Crippen molar-refractivity contribution < 1.29 is 31.1 Å². The minimum absolute atomic E-state index is 0.0572. The quantitative estimate of drug-likeness (QED) is 0.828. The summed E-state index contributed by atoms with van der Waals surface area (Å²) in [6.07, 6.45) is -3.71. The number of carbonyl (C=O) groups is 1. The van der Waals surface area contributed by atoms with Crippen molar-refractivity contribution in [2.75, 3.05) is 32.5 Å². The zero-order chi connectivity index (χ0) is 19.5. The van der Waals surface area contributed by atoms with Gasteiger partial charge in [-0.15, -0.1) is 13.2 Å². The highest BCUT2D eigenvalue weighted by atomic mass is 32.2. The average molecular weight is 395 g/mol. The van der Waals surface area contributed by atoms with Gasteiger partial charge in [-0.2, -0.15) is 17.0 Å². The lowest BCUT2D eigenvalue weighted by atomic mass is 9.99. The fourth-order valence-corrected chi connectivity index (χ4v) is 3.77. The highest BCUT2D eigenvalue weighted by Gasteiger charge is 2.34. The third-order valence-corrected chi connectivity index (χ3v) is 5.81. The van der Waals surface area contributed by atoms with Gasteiger partial charge in [-0.05, 0) is 37.1 Å². The molecule has 1 aliphatic rings. The van der Waals surface area contributed by atoms with Gasteiger partial charge in [-0.1, -0.05) is 0 Å². The van der Waals surface area contributed by atoms with Crippen molar-refractivity contribution in [3.05, 3.63) is 24.3 Å². The molecule has 0 aliphatic carbocycles. The van der Waals surface area contributed by atoms with Crippen LogP contribution in [0.25, 0.3) is 0 Å². The Morgan fingerprint density at radius 1 is 1.27 bits per heavy atom. The number of carbonyl (C=O) groups excluding carboxylic acids is 1. The van der Waals surface area contributed by atoms with Crippen molar-refractivity contribution >= 4 is 21.8 Å². The van der Waals surface area contributed by atoms with Crippen LogP contribution in [-0.4, -0.2) is 56.5 Å². The smallest absolute Gasteiger partial charge is 0.406 e. The topological polar surface area (TPSA) is 79.0 Å². The van der Waals surface area contributed by atoms with Crippen LogP contribution in [0, 0.1) is 5.92 Å². The highest BCUT2D eigenvalue weighted by molar-refractivity contribution is 7.86. The van der Waals surface area contributed by atoms with E-state index in [1.165, 1.54) is 30.5 Å². The predicted octanol–water partition coefficient (Wildman–Crippen LogP) is 2.04. The Morgan fingerprint density at radius 2 is 1.88 bits per heavy atom. The Hall–Kier alpha value is -1.85. The number of rotatable bonds is 5. The van der Waals surface area contributed by atoms with E-state index in [2.05, 4.69) is 10.1 Å². The molecule has 0 bridgehead atoms. The fraction of sp³-hybridized carbons (Fsp3) is 0.533. The fourth-order valence-electron chi connectivity index (χ4n) is 2.58. The molecule has 1 amide bonds. The first-order valence-electron chi connectivity index (χ1n) is 7.83. The Balaban J connectivity index is 1.99. The molecule has 26 heavy (non-hydrogen) atoms. The average Bonchev–Trinajstić information content (AvgIpc) is 2.55. The molecule has 1 heterocycles. The highest BCUT2D eigenvalue weighted by Crippen LogP contribution is 2.25. The number of amides is 1. The molecule has 1 aliphatic heterocycles. The maximum Gasteiger partial charge on any atom is 0.573 e. The van der Waals surface area contributed by atoms with Crippen LogP contribution in [0.4, 0.5) is 18.9 Å². The van der Waals surface area contributed by atoms with E-state index in [-0.39, 0.29) is 12.5 Å². The van der Waals surface area contributed by atoms with Gasteiger partial charge in [0.05, 0.1) is 5.92 Å². The number of piperidine rings is 1. The van der Waals surface area contributed by atoms with E-state index in [9.17, 15) is 26.4 Å². The second kappa shape index (κ2) is 7.80. The number of halogens is 3. The van der Waals surface area contributed by atoms with E-state index < -0.39 is 28.2 Å². The number of hydrogen-bond acceptors (Lipinski definition) is 4. The zero-order valence-corrected chi connectivity index (χ0v) is 15.1. The number of hydrogen-bond donors (Lipinski definition) is 1. The molecule has 1 fully saturated rings. The zero-order valence-electron chi connectivity index (χ0n) is 14.3. The summed E-state index contributed by atoms with van der Waals surface area (Å²) in [7, 11) is -0.758. The van der Waals surface area contributed by atoms with Gasteiger partial charge in [0.2, 0.25) is 5.91 Å². The predicted molar refractivity (Wildman–Crippen MR) is 88.7 cm³/mol. The van der Waals surface area contributed by atoms with Crippen LogP contribution in [0.1, 0.15) is 12.8 Å². The Kier molecular flexibility index (Phi) is 6.14. The lowest BCUT2D eigenvalue weighted by Crippen LogP contribution is -2.47. The van der Waals surface area contributed by atoms with Crippen molar-refractivity contribution in [2.24, 2.45) is 5.92 Å². The molecule has 2 rings (SSSR count). The third kappa shape index (κ3) is 5.32. The summed E-state index contributed by atoms with van der Waals surface area (Å²) in [4.78, 5) is 12.4. The molecule has 1 aromatic rings. The van der Waals surface area contributed by atoms with Crippen LogP contribution >= 0.6 is 0 Å². The Morgan fingerprint density at radius 3 is 2.42 bits per heavy atom. The summed E-state index contributed by atoms with van der Waals surface area (Å²) in [5.74, 6) is -1.31. The van der Waals surface area contributed by atoms with Gasteiger partial charge in [-0.3, -0.25) is 4.79 Å². The van der Waals surface area contributed by atoms with Crippen molar-refractivity contribution in [3.63, 3.8) is 0 Å². The van der Waals surface area contributed by atoms with Crippen LogP contribution in [0.15, 0.2) is 24.3 Å². The number of alkyl halides is 3. The van der Waals surface area contributed by atoms with Gasteiger partial charge in [0.25, 0.3) is 10.2 Å². The van der Waals surface area contributed by atoms with Gasteiger partial charge in [0.15, 0.2) is 0 Å². The van der Waals surface area contributed by atoms with Crippen LogP contribution in [0.5, 0.6) is 5.75 Å². The lowest BCUT2D eigenvalue weighted by Gasteiger charge is -2.32. The number of anilines is 1. The van der Waals surface area contributed by atoms with E-state index in [0.717, 1.165) is 16.4 Å². The van der Waals surface area contributed by atoms with Gasteiger partial charge >= 0.3 is 6.36 Å². The van der Waals surface area contributed by atoms with Crippen molar-refractivity contribution in [1.82, 2.24) is 8.61 Å². The second-order valence-electron chi connectivity index (χ2n) is 6.05. The molecule has 1 atom stereocenters. The summed E-state index contributed by atoms with van der Waals surface area (Å²) in [6.45, 7) is 0.398. The SMILES string of the molecule is CN(C)S(=O)(=O)N1CCC[C@H](C(=O)Nc2ccc(OC(F)(F)F)cc2)C1. The summed E-state index contributed by atoms with van der Waals surface area (Å²) in [5, 5.41) is 2.59.